The van der Waals surface area contributed by atoms with Crippen LogP contribution < -0.4 is 5.32 Å². The molecule has 0 spiro atoms. The molecule has 2 aromatic rings. The maximum Gasteiger partial charge on any atom is 0.416 e. The number of anilines is 1. The number of halogens is 5. The molecule has 0 saturated heterocycles. The Morgan fingerprint density at radius 2 is 1.67 bits per heavy atom. The van der Waals surface area contributed by atoms with Gasteiger partial charge in [-0.15, -0.1) is 11.8 Å². The molecule has 1 atom stereocenters. The Balaban J connectivity index is 1.99. The highest BCUT2D eigenvalue weighted by Gasteiger charge is 2.30. The van der Waals surface area contributed by atoms with E-state index in [9.17, 15) is 26.7 Å². The minimum atomic E-state index is -4.45. The molecule has 0 heterocycles. The van der Waals surface area contributed by atoms with Gasteiger partial charge in [0, 0.05) is 10.6 Å². The number of thioether (sulfide) groups is 1. The van der Waals surface area contributed by atoms with Gasteiger partial charge in [0.15, 0.2) is 11.6 Å². The van der Waals surface area contributed by atoms with Crippen LogP contribution in [0.15, 0.2) is 47.4 Å². The van der Waals surface area contributed by atoms with E-state index in [1.807, 2.05) is 0 Å². The highest BCUT2D eigenvalue weighted by Crippen LogP contribution is 2.30. The number of carbonyl (C=O) groups excluding carboxylic acids is 1. The minimum Gasteiger partial charge on any atom is -0.325 e. The molecule has 0 saturated carbocycles. The number of rotatable bonds is 4. The van der Waals surface area contributed by atoms with Crippen molar-refractivity contribution in [2.24, 2.45) is 0 Å². The molecule has 128 valence electrons. The third-order valence-electron chi connectivity index (χ3n) is 3.05. The van der Waals surface area contributed by atoms with Crippen LogP contribution in [0, 0.1) is 11.6 Å². The van der Waals surface area contributed by atoms with Gasteiger partial charge in [0.2, 0.25) is 5.91 Å². The van der Waals surface area contributed by atoms with Gasteiger partial charge < -0.3 is 5.32 Å². The monoisotopic (exact) mass is 361 g/mol. The molecule has 0 fully saturated rings. The molecule has 0 bridgehead atoms. The number of amides is 1. The Labute approximate surface area is 139 Å². The quantitative estimate of drug-likeness (QED) is 0.606. The zero-order valence-electron chi connectivity index (χ0n) is 12.3. The number of benzene rings is 2. The van der Waals surface area contributed by atoms with Crippen molar-refractivity contribution in [1.82, 2.24) is 0 Å². The molecule has 2 aromatic carbocycles. The molecular weight excluding hydrogens is 349 g/mol. The molecule has 1 N–H and O–H groups in total. The second-order valence-electron chi connectivity index (χ2n) is 4.90. The van der Waals surface area contributed by atoms with E-state index in [-0.39, 0.29) is 5.69 Å². The van der Waals surface area contributed by atoms with Gasteiger partial charge in [0.1, 0.15) is 0 Å². The number of nitrogens with one attached hydrogen (secondary N) is 1. The lowest BCUT2D eigenvalue weighted by Gasteiger charge is -2.13. The summed E-state index contributed by atoms with van der Waals surface area (Å²) in [6.45, 7) is 1.55. The molecule has 0 radical (unpaired) electrons. The van der Waals surface area contributed by atoms with Crippen molar-refractivity contribution >= 4 is 23.4 Å². The number of alkyl halides is 3. The zero-order valence-corrected chi connectivity index (χ0v) is 13.1. The average molecular weight is 361 g/mol. The standard InChI is InChI=1S/C16H12F5NOS/c1-9(24-12-6-7-13(17)14(18)8-12)15(23)22-11-4-2-10(3-5-11)16(19,20)21/h2-9H,1H3,(H,22,23)/t9-/m0/s1. The summed E-state index contributed by atoms with van der Waals surface area (Å²) in [6, 6.07) is 7.29. The Bertz CT molecular complexity index is 730. The highest BCUT2D eigenvalue weighted by molar-refractivity contribution is 8.00. The van der Waals surface area contributed by atoms with Crippen LogP contribution in [0.5, 0.6) is 0 Å². The normalized spacial score (nSPS) is 12.8. The molecule has 0 unspecified atom stereocenters. The first-order valence-electron chi connectivity index (χ1n) is 6.76. The van der Waals surface area contributed by atoms with Crippen LogP contribution in [0.25, 0.3) is 0 Å². The van der Waals surface area contributed by atoms with Crippen LogP contribution in [-0.4, -0.2) is 11.2 Å². The van der Waals surface area contributed by atoms with Gasteiger partial charge >= 0.3 is 6.18 Å². The van der Waals surface area contributed by atoms with E-state index in [0.29, 0.717) is 4.90 Å². The average Bonchev–Trinajstić information content (AvgIpc) is 2.50. The maximum absolute atomic E-state index is 13.1. The van der Waals surface area contributed by atoms with Crippen molar-refractivity contribution < 1.29 is 26.7 Å². The van der Waals surface area contributed by atoms with Gasteiger partial charge in [-0.3, -0.25) is 4.79 Å². The summed E-state index contributed by atoms with van der Waals surface area (Å²) in [5.41, 5.74) is -0.601. The van der Waals surface area contributed by atoms with Gasteiger partial charge in [-0.05, 0) is 49.4 Å². The molecule has 0 aromatic heterocycles. The second-order valence-corrected chi connectivity index (χ2v) is 6.31. The number of carbonyl (C=O) groups is 1. The van der Waals surface area contributed by atoms with E-state index in [0.717, 1.165) is 48.2 Å². The van der Waals surface area contributed by atoms with Crippen LogP contribution in [0.2, 0.25) is 0 Å². The van der Waals surface area contributed by atoms with Crippen molar-refractivity contribution in [2.45, 2.75) is 23.2 Å². The van der Waals surface area contributed by atoms with E-state index in [4.69, 9.17) is 0 Å². The lowest BCUT2D eigenvalue weighted by Crippen LogP contribution is -2.22. The second kappa shape index (κ2) is 7.21. The number of hydrogen-bond donors (Lipinski definition) is 1. The fourth-order valence-electron chi connectivity index (χ4n) is 1.79. The lowest BCUT2D eigenvalue weighted by atomic mass is 10.2. The van der Waals surface area contributed by atoms with Crippen molar-refractivity contribution in [3.8, 4) is 0 Å². The molecule has 0 aliphatic rings. The predicted octanol–water partition coefficient (Wildman–Crippen LogP) is 5.10. The van der Waals surface area contributed by atoms with Gasteiger partial charge in [0.05, 0.1) is 10.8 Å². The van der Waals surface area contributed by atoms with Crippen LogP contribution in [-0.2, 0) is 11.0 Å². The fourth-order valence-corrected chi connectivity index (χ4v) is 2.69. The van der Waals surface area contributed by atoms with Crippen LogP contribution in [0.3, 0.4) is 0 Å². The summed E-state index contributed by atoms with van der Waals surface area (Å²) in [7, 11) is 0. The summed E-state index contributed by atoms with van der Waals surface area (Å²) in [6.07, 6.45) is -4.45. The molecule has 24 heavy (non-hydrogen) atoms. The Kier molecular flexibility index (Phi) is 5.48. The topological polar surface area (TPSA) is 29.1 Å². The van der Waals surface area contributed by atoms with Gasteiger partial charge in [-0.1, -0.05) is 0 Å². The predicted molar refractivity (Wildman–Crippen MR) is 81.8 cm³/mol. The van der Waals surface area contributed by atoms with Crippen molar-refractivity contribution in [2.75, 3.05) is 5.32 Å². The first-order chi connectivity index (χ1) is 11.2. The SMILES string of the molecule is C[C@H](Sc1ccc(F)c(F)c1)C(=O)Nc1ccc(C(F)(F)F)cc1. The summed E-state index contributed by atoms with van der Waals surface area (Å²) < 4.78 is 63.4. The maximum atomic E-state index is 13.1. The van der Waals surface area contributed by atoms with Crippen molar-refractivity contribution in [1.29, 1.82) is 0 Å². The highest BCUT2D eigenvalue weighted by atomic mass is 32.2. The Hall–Kier alpha value is -2.09. The summed E-state index contributed by atoms with van der Waals surface area (Å²) in [5.74, 6) is -2.47. The molecule has 0 aliphatic carbocycles. The van der Waals surface area contributed by atoms with E-state index in [1.165, 1.54) is 6.07 Å². The van der Waals surface area contributed by atoms with E-state index in [2.05, 4.69) is 5.32 Å². The summed E-state index contributed by atoms with van der Waals surface area (Å²) in [4.78, 5) is 12.4. The third kappa shape index (κ3) is 4.70. The Morgan fingerprint density at radius 1 is 1.04 bits per heavy atom. The van der Waals surface area contributed by atoms with Crippen molar-refractivity contribution in [3.05, 3.63) is 59.7 Å². The van der Waals surface area contributed by atoms with Gasteiger partial charge in [-0.2, -0.15) is 13.2 Å². The fraction of sp³-hybridized carbons (Fsp3) is 0.188. The van der Waals surface area contributed by atoms with E-state index < -0.39 is 34.5 Å². The molecule has 2 rings (SSSR count). The third-order valence-corrected chi connectivity index (χ3v) is 4.15. The lowest BCUT2D eigenvalue weighted by molar-refractivity contribution is -0.137. The molecule has 2 nitrogen and oxygen atoms in total. The summed E-state index contributed by atoms with van der Waals surface area (Å²) in [5, 5.41) is 1.82. The van der Waals surface area contributed by atoms with Gasteiger partial charge in [-0.25, -0.2) is 8.78 Å². The Morgan fingerprint density at radius 3 is 2.21 bits per heavy atom. The molecule has 1 amide bonds. The summed E-state index contributed by atoms with van der Waals surface area (Å²) >= 11 is 1.00. The van der Waals surface area contributed by atoms with E-state index in [1.54, 1.807) is 6.92 Å². The van der Waals surface area contributed by atoms with E-state index >= 15 is 0 Å². The molecular formula is C16H12F5NOS. The minimum absolute atomic E-state index is 0.214. The zero-order chi connectivity index (χ0) is 17.9. The van der Waals surface area contributed by atoms with Crippen LogP contribution in [0.4, 0.5) is 27.6 Å². The first kappa shape index (κ1) is 18.3. The number of hydrogen-bond acceptors (Lipinski definition) is 2. The molecule has 8 heteroatoms. The smallest absolute Gasteiger partial charge is 0.325 e. The van der Waals surface area contributed by atoms with Gasteiger partial charge in [0.25, 0.3) is 0 Å². The van der Waals surface area contributed by atoms with Crippen LogP contribution in [0.1, 0.15) is 12.5 Å². The largest absolute Gasteiger partial charge is 0.416 e. The first-order valence-corrected chi connectivity index (χ1v) is 7.64. The van der Waals surface area contributed by atoms with Crippen LogP contribution >= 0.6 is 11.8 Å². The molecule has 0 aliphatic heterocycles. The van der Waals surface area contributed by atoms with Crippen molar-refractivity contribution in [3.63, 3.8) is 0 Å².